The second-order valence-electron chi connectivity index (χ2n) is 8.97. The van der Waals surface area contributed by atoms with Gasteiger partial charge in [0.2, 0.25) is 5.91 Å². The number of amides is 3. The molecule has 3 amide bonds. The first-order chi connectivity index (χ1) is 17.4. The fourth-order valence-corrected chi connectivity index (χ4v) is 5.35. The van der Waals surface area contributed by atoms with E-state index in [9.17, 15) is 18.8 Å². The van der Waals surface area contributed by atoms with Gasteiger partial charge in [-0.15, -0.1) is 11.3 Å². The Morgan fingerprint density at radius 3 is 2.72 bits per heavy atom. The first-order valence-electron chi connectivity index (χ1n) is 12.1. The van der Waals surface area contributed by atoms with Gasteiger partial charge >= 0.3 is 0 Å². The van der Waals surface area contributed by atoms with E-state index < -0.39 is 11.9 Å². The van der Waals surface area contributed by atoms with Gasteiger partial charge in [0.15, 0.2) is 0 Å². The first-order valence-corrected chi connectivity index (χ1v) is 13.3. The fraction of sp³-hybridized carbons (Fsp3) is 0.480. The number of carbonyl (C=O) groups excluding carboxylic acids is 3. The highest BCUT2D eigenvalue weighted by Crippen LogP contribution is 2.28. The number of benzene rings is 1. The number of halogens is 2. The summed E-state index contributed by atoms with van der Waals surface area (Å²) in [6, 6.07) is 6.93. The van der Waals surface area contributed by atoms with Gasteiger partial charge in [-0.1, -0.05) is 24.9 Å². The molecule has 36 heavy (non-hydrogen) atoms. The van der Waals surface area contributed by atoms with Gasteiger partial charge in [0.1, 0.15) is 18.5 Å². The molecule has 1 aliphatic heterocycles. The van der Waals surface area contributed by atoms with Crippen LogP contribution in [0.4, 0.5) is 15.8 Å². The molecule has 4 rings (SSSR count). The quantitative estimate of drug-likeness (QED) is 0.482. The summed E-state index contributed by atoms with van der Waals surface area (Å²) in [5, 5.41) is 5.65. The minimum atomic E-state index is -0.640. The van der Waals surface area contributed by atoms with Crippen molar-refractivity contribution in [1.29, 1.82) is 0 Å². The number of carbonyl (C=O) groups is 3. The van der Waals surface area contributed by atoms with Crippen LogP contribution in [0, 0.1) is 11.7 Å². The SMILES string of the molecule is CCN(CC1CCC1)[C@@H](CNC(=O)c1ccc(Cl)s1)C(=O)Nc1ccc(N2CCOCC2=O)c(F)c1. The molecular formula is C25H30ClFN4O4S. The molecule has 2 aromatic rings. The monoisotopic (exact) mass is 536 g/mol. The van der Waals surface area contributed by atoms with Gasteiger partial charge in [-0.25, -0.2) is 4.39 Å². The molecular weight excluding hydrogens is 507 g/mol. The lowest BCUT2D eigenvalue weighted by atomic mass is 9.85. The van der Waals surface area contributed by atoms with Crippen molar-refractivity contribution < 1.29 is 23.5 Å². The Morgan fingerprint density at radius 2 is 2.11 bits per heavy atom. The average molecular weight is 537 g/mol. The molecule has 2 fully saturated rings. The molecule has 0 unspecified atom stereocenters. The molecule has 2 heterocycles. The third kappa shape index (κ3) is 6.42. The van der Waals surface area contributed by atoms with Crippen molar-refractivity contribution in [2.75, 3.05) is 49.6 Å². The number of hydrogen-bond acceptors (Lipinski definition) is 6. The van der Waals surface area contributed by atoms with Crippen molar-refractivity contribution in [3.63, 3.8) is 0 Å². The van der Waals surface area contributed by atoms with E-state index >= 15 is 0 Å². The number of anilines is 2. The molecule has 2 aliphatic rings. The highest BCUT2D eigenvalue weighted by molar-refractivity contribution is 7.18. The van der Waals surface area contributed by atoms with E-state index in [4.69, 9.17) is 16.3 Å². The maximum atomic E-state index is 14.9. The van der Waals surface area contributed by atoms with Crippen molar-refractivity contribution in [3.8, 4) is 0 Å². The molecule has 0 bridgehead atoms. The molecule has 8 nitrogen and oxygen atoms in total. The number of nitrogens with one attached hydrogen (secondary N) is 2. The number of thiophene rings is 1. The number of likely N-dealkylation sites (N-methyl/N-ethyl adjacent to an activating group) is 1. The van der Waals surface area contributed by atoms with Crippen LogP contribution in [0.15, 0.2) is 30.3 Å². The van der Waals surface area contributed by atoms with Crippen LogP contribution in [0.25, 0.3) is 0 Å². The van der Waals surface area contributed by atoms with E-state index in [-0.39, 0.29) is 48.8 Å². The van der Waals surface area contributed by atoms with Crippen molar-refractivity contribution in [3.05, 3.63) is 45.4 Å². The summed E-state index contributed by atoms with van der Waals surface area (Å²) in [6.45, 7) is 3.98. The van der Waals surface area contributed by atoms with Crippen LogP contribution >= 0.6 is 22.9 Å². The van der Waals surface area contributed by atoms with Gasteiger partial charge in [-0.3, -0.25) is 19.3 Å². The molecule has 0 spiro atoms. The Hall–Kier alpha value is -2.53. The standard InChI is InChI=1S/C25H30ClFN4O4S/c1-2-30(14-16-4-3-5-16)20(13-28-25(34)21-8-9-22(26)36-21)24(33)29-17-6-7-19(18(27)12-17)31-10-11-35-15-23(31)32/h6-9,12,16,20H,2-5,10-11,13-15H2,1H3,(H,28,34)(H,29,33)/t20-/m0/s1. The Bertz CT molecular complexity index is 1110. The maximum absolute atomic E-state index is 14.9. The fourth-order valence-electron chi connectivity index (χ4n) is 4.39. The summed E-state index contributed by atoms with van der Waals surface area (Å²) >= 11 is 7.12. The van der Waals surface area contributed by atoms with E-state index in [1.807, 2.05) is 6.92 Å². The third-order valence-electron chi connectivity index (χ3n) is 6.61. The zero-order valence-corrected chi connectivity index (χ0v) is 21.7. The number of morpholine rings is 1. The van der Waals surface area contributed by atoms with Crippen LogP contribution in [0.3, 0.4) is 0 Å². The Morgan fingerprint density at radius 1 is 1.31 bits per heavy atom. The molecule has 1 atom stereocenters. The summed E-state index contributed by atoms with van der Waals surface area (Å²) in [6.07, 6.45) is 3.43. The lowest BCUT2D eigenvalue weighted by Crippen LogP contribution is -2.52. The zero-order valence-electron chi connectivity index (χ0n) is 20.1. The van der Waals surface area contributed by atoms with Crippen LogP contribution < -0.4 is 15.5 Å². The highest BCUT2D eigenvalue weighted by Gasteiger charge is 2.30. The van der Waals surface area contributed by atoms with E-state index in [1.54, 1.807) is 18.2 Å². The van der Waals surface area contributed by atoms with Crippen LogP contribution in [0.2, 0.25) is 4.34 Å². The average Bonchev–Trinajstić information content (AvgIpc) is 3.27. The number of ether oxygens (including phenoxy) is 1. The van der Waals surface area contributed by atoms with Gasteiger partial charge in [-0.05, 0) is 55.6 Å². The minimum absolute atomic E-state index is 0.0865. The lowest BCUT2D eigenvalue weighted by Gasteiger charge is -2.36. The highest BCUT2D eigenvalue weighted by atomic mass is 35.5. The largest absolute Gasteiger partial charge is 0.370 e. The number of nitrogens with zero attached hydrogens (tertiary/aromatic N) is 2. The predicted octanol–water partition coefficient (Wildman–Crippen LogP) is 3.76. The van der Waals surface area contributed by atoms with Crippen LogP contribution in [0.1, 0.15) is 35.9 Å². The summed E-state index contributed by atoms with van der Waals surface area (Å²) in [4.78, 5) is 41.9. The molecule has 2 N–H and O–H groups in total. The summed E-state index contributed by atoms with van der Waals surface area (Å²) < 4.78 is 20.5. The van der Waals surface area contributed by atoms with Gasteiger partial charge < -0.3 is 20.3 Å². The van der Waals surface area contributed by atoms with Crippen molar-refractivity contribution >= 4 is 52.0 Å². The second kappa shape index (κ2) is 12.1. The van der Waals surface area contributed by atoms with E-state index in [0.29, 0.717) is 28.3 Å². The zero-order chi connectivity index (χ0) is 25.7. The summed E-state index contributed by atoms with van der Waals surface area (Å²) in [7, 11) is 0. The van der Waals surface area contributed by atoms with Gasteiger partial charge in [0, 0.05) is 25.3 Å². The Kier molecular flexibility index (Phi) is 8.95. The molecule has 1 saturated heterocycles. The molecule has 11 heteroatoms. The second-order valence-corrected chi connectivity index (χ2v) is 10.7. The van der Waals surface area contributed by atoms with Gasteiger partial charge in [-0.2, -0.15) is 0 Å². The molecule has 1 saturated carbocycles. The lowest BCUT2D eigenvalue weighted by molar-refractivity contribution is -0.125. The van der Waals surface area contributed by atoms with Crippen LogP contribution in [-0.4, -0.2) is 68.1 Å². The Balaban J connectivity index is 1.47. The number of hydrogen-bond donors (Lipinski definition) is 2. The minimum Gasteiger partial charge on any atom is -0.370 e. The summed E-state index contributed by atoms with van der Waals surface area (Å²) in [5.74, 6) is -1.03. The molecule has 0 radical (unpaired) electrons. The van der Waals surface area contributed by atoms with E-state index in [0.717, 1.165) is 19.4 Å². The Labute approximate surface area is 218 Å². The van der Waals surface area contributed by atoms with Gasteiger partial charge in [0.05, 0.1) is 21.5 Å². The smallest absolute Gasteiger partial charge is 0.261 e. The van der Waals surface area contributed by atoms with E-state index in [1.165, 1.54) is 34.8 Å². The number of rotatable bonds is 10. The van der Waals surface area contributed by atoms with Crippen LogP contribution in [0.5, 0.6) is 0 Å². The normalized spacial score (nSPS) is 17.1. The molecule has 1 aromatic heterocycles. The topological polar surface area (TPSA) is 91.0 Å². The molecule has 194 valence electrons. The van der Waals surface area contributed by atoms with Crippen LogP contribution in [-0.2, 0) is 14.3 Å². The molecule has 1 aliphatic carbocycles. The maximum Gasteiger partial charge on any atom is 0.261 e. The van der Waals surface area contributed by atoms with Crippen molar-refractivity contribution in [2.24, 2.45) is 5.92 Å². The van der Waals surface area contributed by atoms with Gasteiger partial charge in [0.25, 0.3) is 11.8 Å². The van der Waals surface area contributed by atoms with Crippen molar-refractivity contribution in [2.45, 2.75) is 32.2 Å². The summed E-state index contributed by atoms with van der Waals surface area (Å²) in [5.41, 5.74) is 0.433. The third-order valence-corrected chi connectivity index (χ3v) is 7.84. The van der Waals surface area contributed by atoms with Crippen molar-refractivity contribution in [1.82, 2.24) is 10.2 Å². The van der Waals surface area contributed by atoms with E-state index in [2.05, 4.69) is 15.5 Å². The predicted molar refractivity (Wildman–Crippen MR) is 138 cm³/mol. The molecule has 1 aromatic carbocycles. The first kappa shape index (κ1) is 26.5.